The number of nitrogens with one attached hydrogen (secondary N) is 1. The predicted molar refractivity (Wildman–Crippen MR) is 115 cm³/mol. The third kappa shape index (κ3) is 6.18. The molecule has 3 rings (SSSR count). The Bertz CT molecular complexity index is 733. The van der Waals surface area contributed by atoms with E-state index in [1.54, 1.807) is 7.11 Å². The molecule has 1 saturated carbocycles. The zero-order valence-corrected chi connectivity index (χ0v) is 17.8. The van der Waals surface area contributed by atoms with Gasteiger partial charge >= 0.3 is 0 Å². The lowest BCUT2D eigenvalue weighted by Crippen LogP contribution is -2.30. The highest BCUT2D eigenvalue weighted by molar-refractivity contribution is 6.32. The van der Waals surface area contributed by atoms with E-state index in [0.29, 0.717) is 34.2 Å². The molecule has 0 heterocycles. The summed E-state index contributed by atoms with van der Waals surface area (Å²) in [6.07, 6.45) is 6.50. The van der Waals surface area contributed by atoms with Crippen LogP contribution in [0.2, 0.25) is 10.0 Å². The molecule has 0 amide bonds. The van der Waals surface area contributed by atoms with Gasteiger partial charge in [-0.05, 0) is 36.6 Å². The monoisotopic (exact) mass is 429 g/mol. The van der Waals surface area contributed by atoms with Gasteiger partial charge in [0.15, 0.2) is 11.5 Å². The van der Waals surface area contributed by atoms with Crippen LogP contribution in [-0.4, -0.2) is 13.2 Å². The molecule has 2 aromatic carbocycles. The molecule has 0 aromatic heterocycles. The van der Waals surface area contributed by atoms with Crippen LogP contribution in [0.5, 0.6) is 11.5 Å². The molecule has 1 N–H and O–H groups in total. The molecule has 0 bridgehead atoms. The van der Waals surface area contributed by atoms with Crippen LogP contribution < -0.4 is 14.8 Å². The predicted octanol–water partition coefficient (Wildman–Crippen LogP) is 6.43. The molecule has 6 heteroatoms. The first-order valence-corrected chi connectivity index (χ1v) is 9.89. The average molecular weight is 431 g/mol. The van der Waals surface area contributed by atoms with Gasteiger partial charge in [0.05, 0.1) is 12.1 Å². The van der Waals surface area contributed by atoms with Gasteiger partial charge in [0.25, 0.3) is 0 Å². The molecule has 1 aliphatic carbocycles. The summed E-state index contributed by atoms with van der Waals surface area (Å²) < 4.78 is 11.4. The first-order valence-electron chi connectivity index (χ1n) is 9.13. The van der Waals surface area contributed by atoms with Gasteiger partial charge in [0, 0.05) is 23.2 Å². The molecule has 0 aliphatic heterocycles. The highest BCUT2D eigenvalue weighted by atomic mass is 35.5. The van der Waals surface area contributed by atoms with Gasteiger partial charge in [-0.2, -0.15) is 0 Å². The molecule has 1 aliphatic rings. The van der Waals surface area contributed by atoms with Crippen molar-refractivity contribution in [2.45, 2.75) is 51.3 Å². The zero-order chi connectivity index (χ0) is 18.4. The normalized spacial score (nSPS) is 14.5. The van der Waals surface area contributed by atoms with Crippen LogP contribution >= 0.6 is 35.6 Å². The number of hydrogen-bond donors (Lipinski definition) is 1. The molecule has 27 heavy (non-hydrogen) atoms. The Morgan fingerprint density at radius 1 is 1.04 bits per heavy atom. The van der Waals surface area contributed by atoms with Crippen molar-refractivity contribution in [3.05, 3.63) is 57.6 Å². The van der Waals surface area contributed by atoms with Gasteiger partial charge in [0.2, 0.25) is 0 Å². The van der Waals surface area contributed by atoms with Gasteiger partial charge in [-0.1, -0.05) is 60.7 Å². The van der Waals surface area contributed by atoms with E-state index in [9.17, 15) is 0 Å². The van der Waals surface area contributed by atoms with Crippen LogP contribution in [0.1, 0.15) is 43.2 Å². The topological polar surface area (TPSA) is 30.5 Å². The van der Waals surface area contributed by atoms with Crippen LogP contribution in [0, 0.1) is 0 Å². The Labute approximate surface area is 177 Å². The third-order valence-corrected chi connectivity index (χ3v) is 5.47. The van der Waals surface area contributed by atoms with Gasteiger partial charge in [-0.3, -0.25) is 0 Å². The van der Waals surface area contributed by atoms with Gasteiger partial charge < -0.3 is 14.8 Å². The first kappa shape index (κ1) is 22.2. The Kier molecular flexibility index (Phi) is 9.04. The Morgan fingerprint density at radius 3 is 2.48 bits per heavy atom. The number of ether oxygens (including phenoxy) is 2. The van der Waals surface area contributed by atoms with Gasteiger partial charge in [-0.15, -0.1) is 12.4 Å². The molecule has 0 unspecified atom stereocenters. The molecule has 0 atom stereocenters. The molecule has 0 spiro atoms. The number of hydrogen-bond acceptors (Lipinski definition) is 3. The second-order valence-corrected chi connectivity index (χ2v) is 7.52. The van der Waals surface area contributed by atoms with E-state index >= 15 is 0 Å². The van der Waals surface area contributed by atoms with Crippen LogP contribution in [0.25, 0.3) is 0 Å². The number of methoxy groups -OCH3 is 1. The SMILES string of the molecule is COc1cc(CNC2CCCCC2)cc(Cl)c1OCc1ccccc1Cl.Cl. The lowest BCUT2D eigenvalue weighted by molar-refractivity contribution is 0.284. The summed E-state index contributed by atoms with van der Waals surface area (Å²) in [4.78, 5) is 0. The Morgan fingerprint density at radius 2 is 1.78 bits per heavy atom. The summed E-state index contributed by atoms with van der Waals surface area (Å²) in [5, 5.41) is 4.86. The van der Waals surface area contributed by atoms with Crippen molar-refractivity contribution in [3.8, 4) is 11.5 Å². The van der Waals surface area contributed by atoms with Crippen LogP contribution in [0.4, 0.5) is 0 Å². The summed E-state index contributed by atoms with van der Waals surface area (Å²) in [5.74, 6) is 1.19. The summed E-state index contributed by atoms with van der Waals surface area (Å²) >= 11 is 12.7. The van der Waals surface area contributed by atoms with E-state index in [4.69, 9.17) is 32.7 Å². The van der Waals surface area contributed by atoms with E-state index in [2.05, 4.69) is 5.32 Å². The van der Waals surface area contributed by atoms with E-state index < -0.39 is 0 Å². The maximum atomic E-state index is 6.48. The highest BCUT2D eigenvalue weighted by Gasteiger charge is 2.15. The summed E-state index contributed by atoms with van der Waals surface area (Å²) in [6, 6.07) is 12.1. The van der Waals surface area contributed by atoms with Crippen molar-refractivity contribution < 1.29 is 9.47 Å². The highest BCUT2D eigenvalue weighted by Crippen LogP contribution is 2.37. The third-order valence-electron chi connectivity index (χ3n) is 4.82. The van der Waals surface area contributed by atoms with E-state index in [-0.39, 0.29) is 12.4 Å². The molecule has 0 saturated heterocycles. The number of benzene rings is 2. The first-order chi connectivity index (χ1) is 12.7. The second-order valence-electron chi connectivity index (χ2n) is 6.70. The second kappa shape index (κ2) is 11.0. The molecule has 0 radical (unpaired) electrons. The van der Waals surface area contributed by atoms with E-state index in [0.717, 1.165) is 17.7 Å². The fraction of sp³-hybridized carbons (Fsp3) is 0.429. The minimum Gasteiger partial charge on any atom is -0.493 e. The maximum Gasteiger partial charge on any atom is 0.180 e. The largest absolute Gasteiger partial charge is 0.493 e. The summed E-state index contributed by atoms with van der Waals surface area (Å²) in [5.41, 5.74) is 2.01. The van der Waals surface area contributed by atoms with Crippen LogP contribution in [-0.2, 0) is 13.2 Å². The summed E-state index contributed by atoms with van der Waals surface area (Å²) in [6.45, 7) is 1.13. The lowest BCUT2D eigenvalue weighted by Gasteiger charge is -2.23. The van der Waals surface area contributed by atoms with Crippen LogP contribution in [0.15, 0.2) is 36.4 Å². The molecular formula is C21H26Cl3NO2. The molecular weight excluding hydrogens is 405 g/mol. The van der Waals surface area contributed by atoms with Crippen molar-refractivity contribution in [3.63, 3.8) is 0 Å². The number of halogens is 3. The maximum absolute atomic E-state index is 6.48. The molecule has 2 aromatic rings. The minimum absolute atomic E-state index is 0. The standard InChI is InChI=1S/C21H25Cl2NO2.ClH/c1-25-20-12-15(13-24-17-8-3-2-4-9-17)11-19(23)21(20)26-14-16-7-5-6-10-18(16)22;/h5-7,10-12,17,24H,2-4,8-9,13-14H2,1H3;1H. The minimum atomic E-state index is 0. The fourth-order valence-corrected chi connectivity index (χ4v) is 3.83. The lowest BCUT2D eigenvalue weighted by atomic mass is 9.95. The molecule has 148 valence electrons. The van der Waals surface area contributed by atoms with E-state index in [1.807, 2.05) is 36.4 Å². The van der Waals surface area contributed by atoms with Crippen molar-refractivity contribution in [2.75, 3.05) is 7.11 Å². The van der Waals surface area contributed by atoms with Gasteiger partial charge in [-0.25, -0.2) is 0 Å². The molecule has 1 fully saturated rings. The average Bonchev–Trinajstić information content (AvgIpc) is 2.67. The van der Waals surface area contributed by atoms with Crippen molar-refractivity contribution in [2.24, 2.45) is 0 Å². The van der Waals surface area contributed by atoms with E-state index in [1.165, 1.54) is 32.1 Å². The Hall–Kier alpha value is -1.13. The molecule has 3 nitrogen and oxygen atoms in total. The summed E-state index contributed by atoms with van der Waals surface area (Å²) in [7, 11) is 1.63. The Balaban J connectivity index is 0.00000261. The van der Waals surface area contributed by atoms with Gasteiger partial charge in [0.1, 0.15) is 6.61 Å². The fourth-order valence-electron chi connectivity index (χ4n) is 3.35. The van der Waals surface area contributed by atoms with Crippen molar-refractivity contribution in [1.82, 2.24) is 5.32 Å². The van der Waals surface area contributed by atoms with Crippen molar-refractivity contribution in [1.29, 1.82) is 0 Å². The quantitative estimate of drug-likeness (QED) is 0.549. The zero-order valence-electron chi connectivity index (χ0n) is 15.5. The smallest absolute Gasteiger partial charge is 0.180 e. The number of rotatable bonds is 7. The van der Waals surface area contributed by atoms with Crippen molar-refractivity contribution >= 4 is 35.6 Å². The van der Waals surface area contributed by atoms with Crippen LogP contribution in [0.3, 0.4) is 0 Å².